The van der Waals surface area contributed by atoms with Gasteiger partial charge in [-0.15, -0.1) is 0 Å². The first-order valence-corrected chi connectivity index (χ1v) is 11.4. The number of aromatic nitrogens is 6. The molecule has 13 heteroatoms. The van der Waals surface area contributed by atoms with E-state index in [2.05, 4.69) is 20.3 Å². The summed E-state index contributed by atoms with van der Waals surface area (Å²) in [6.07, 6.45) is 2.93. The standard InChI is InChI=1S/C24H25F2N7O4/c1-14-16(24(2,25)26)10-15(11-27-14)17-6-4-7-18(29-17)30-19(35)12-32-13-28-21-20(32)22(36)33(8-5-9-34)23(37)31(21)3/h4,6-7,10-11,13,34H,5,8-9,12H2,1-3H3,(H,29,30,35). The van der Waals surface area contributed by atoms with Crippen LogP contribution in [0.2, 0.25) is 0 Å². The third kappa shape index (κ3) is 5.16. The lowest BCUT2D eigenvalue weighted by Gasteiger charge is -2.14. The topological polar surface area (TPSA) is 137 Å². The van der Waals surface area contributed by atoms with Gasteiger partial charge in [-0.2, -0.15) is 0 Å². The van der Waals surface area contributed by atoms with E-state index >= 15 is 0 Å². The molecule has 1 amide bonds. The van der Waals surface area contributed by atoms with Crippen LogP contribution in [0.3, 0.4) is 0 Å². The Morgan fingerprint density at radius 1 is 1.22 bits per heavy atom. The fourth-order valence-corrected chi connectivity index (χ4v) is 3.99. The van der Waals surface area contributed by atoms with Gasteiger partial charge in [0.05, 0.1) is 12.0 Å². The van der Waals surface area contributed by atoms with Gasteiger partial charge < -0.3 is 15.0 Å². The molecule has 0 bridgehead atoms. The molecule has 4 aromatic heterocycles. The fraction of sp³-hybridized carbons (Fsp3) is 0.333. The normalized spacial score (nSPS) is 11.7. The van der Waals surface area contributed by atoms with E-state index in [-0.39, 0.29) is 54.4 Å². The maximum Gasteiger partial charge on any atom is 0.332 e. The maximum absolute atomic E-state index is 13.9. The molecular weight excluding hydrogens is 488 g/mol. The molecule has 11 nitrogen and oxygen atoms in total. The maximum atomic E-state index is 13.9. The van der Waals surface area contributed by atoms with Gasteiger partial charge in [-0.05, 0) is 31.5 Å². The highest BCUT2D eigenvalue weighted by atomic mass is 19.3. The van der Waals surface area contributed by atoms with Crippen molar-refractivity contribution in [2.24, 2.45) is 7.05 Å². The van der Waals surface area contributed by atoms with Crippen LogP contribution < -0.4 is 16.6 Å². The predicted octanol–water partition coefficient (Wildman–Crippen LogP) is 1.79. The summed E-state index contributed by atoms with van der Waals surface area (Å²) < 4.78 is 31.4. The average molecular weight is 514 g/mol. The van der Waals surface area contributed by atoms with Gasteiger partial charge in [0, 0.05) is 50.1 Å². The SMILES string of the molecule is Cc1ncc(-c2cccc(NC(=O)Cn3cnc4c3c(=O)n(CCCO)c(=O)n4C)n2)cc1C(C)(F)F. The molecule has 0 unspecified atom stereocenters. The number of aliphatic hydroxyl groups is 1. The van der Waals surface area contributed by atoms with E-state index in [1.54, 1.807) is 12.1 Å². The molecule has 0 fully saturated rings. The number of imidazole rings is 1. The van der Waals surface area contributed by atoms with Crippen LogP contribution in [-0.4, -0.2) is 46.3 Å². The largest absolute Gasteiger partial charge is 0.396 e. The summed E-state index contributed by atoms with van der Waals surface area (Å²) in [6.45, 7) is 1.82. The van der Waals surface area contributed by atoms with Crippen molar-refractivity contribution in [3.63, 3.8) is 0 Å². The third-order valence-electron chi connectivity index (χ3n) is 5.83. The molecule has 37 heavy (non-hydrogen) atoms. The van der Waals surface area contributed by atoms with Crippen molar-refractivity contribution < 1.29 is 18.7 Å². The Kier molecular flexibility index (Phi) is 6.99. The van der Waals surface area contributed by atoms with Crippen molar-refractivity contribution in [3.05, 3.63) is 68.9 Å². The number of anilines is 1. The number of hydrogen-bond donors (Lipinski definition) is 2. The van der Waals surface area contributed by atoms with Gasteiger partial charge in [-0.1, -0.05) is 6.07 Å². The van der Waals surface area contributed by atoms with E-state index in [0.717, 1.165) is 11.5 Å². The lowest BCUT2D eigenvalue weighted by atomic mass is 10.0. The molecule has 0 aliphatic rings. The summed E-state index contributed by atoms with van der Waals surface area (Å²) >= 11 is 0. The first-order valence-electron chi connectivity index (χ1n) is 11.4. The van der Waals surface area contributed by atoms with Crippen LogP contribution in [0.5, 0.6) is 0 Å². The second-order valence-electron chi connectivity index (χ2n) is 8.62. The minimum absolute atomic E-state index is 0.0194. The Morgan fingerprint density at radius 3 is 2.68 bits per heavy atom. The van der Waals surface area contributed by atoms with Crippen LogP contribution in [-0.2, 0) is 30.9 Å². The Balaban J connectivity index is 1.60. The number of fused-ring (bicyclic) bond motifs is 1. The highest BCUT2D eigenvalue weighted by molar-refractivity contribution is 5.90. The summed E-state index contributed by atoms with van der Waals surface area (Å²) in [5.41, 5.74) is -0.305. The molecule has 0 aromatic carbocycles. The van der Waals surface area contributed by atoms with Gasteiger partial charge >= 0.3 is 5.69 Å². The van der Waals surface area contributed by atoms with Crippen molar-refractivity contribution in [1.82, 2.24) is 28.7 Å². The zero-order valence-electron chi connectivity index (χ0n) is 20.4. The number of nitrogens with zero attached hydrogens (tertiary/aromatic N) is 6. The number of carbonyl (C=O) groups is 1. The average Bonchev–Trinajstić information content (AvgIpc) is 3.26. The lowest BCUT2D eigenvalue weighted by Crippen LogP contribution is -2.40. The Labute approximate surface area is 209 Å². The Bertz CT molecular complexity index is 1600. The highest BCUT2D eigenvalue weighted by Crippen LogP contribution is 2.31. The van der Waals surface area contributed by atoms with E-state index in [1.165, 1.54) is 47.8 Å². The molecule has 0 aliphatic heterocycles. The van der Waals surface area contributed by atoms with E-state index in [0.29, 0.717) is 11.3 Å². The number of carbonyl (C=O) groups excluding carboxylic acids is 1. The molecule has 194 valence electrons. The third-order valence-corrected chi connectivity index (χ3v) is 5.83. The zero-order valence-corrected chi connectivity index (χ0v) is 20.4. The van der Waals surface area contributed by atoms with E-state index in [9.17, 15) is 23.2 Å². The summed E-state index contributed by atoms with van der Waals surface area (Å²) in [5, 5.41) is 11.7. The van der Waals surface area contributed by atoms with E-state index in [1.807, 2.05) is 0 Å². The highest BCUT2D eigenvalue weighted by Gasteiger charge is 2.27. The molecule has 0 radical (unpaired) electrons. The van der Waals surface area contributed by atoms with Crippen LogP contribution in [0, 0.1) is 6.92 Å². The minimum atomic E-state index is -3.08. The van der Waals surface area contributed by atoms with Crippen molar-refractivity contribution in [2.45, 2.75) is 39.3 Å². The summed E-state index contributed by atoms with van der Waals surface area (Å²) in [4.78, 5) is 50.7. The molecule has 0 saturated carbocycles. The number of amides is 1. The van der Waals surface area contributed by atoms with Gasteiger partial charge in [-0.3, -0.25) is 23.7 Å². The molecule has 0 spiro atoms. The van der Waals surface area contributed by atoms with E-state index < -0.39 is 23.1 Å². The quantitative estimate of drug-likeness (QED) is 0.367. The minimum Gasteiger partial charge on any atom is -0.396 e. The fourth-order valence-electron chi connectivity index (χ4n) is 3.99. The molecule has 0 aliphatic carbocycles. The van der Waals surface area contributed by atoms with Crippen LogP contribution in [0.15, 0.2) is 46.4 Å². The summed E-state index contributed by atoms with van der Waals surface area (Å²) in [6, 6.07) is 6.08. The number of aliphatic hydroxyl groups excluding tert-OH is 1. The van der Waals surface area contributed by atoms with Crippen molar-refractivity contribution in [2.75, 3.05) is 11.9 Å². The molecule has 4 heterocycles. The first-order chi connectivity index (χ1) is 17.5. The second-order valence-corrected chi connectivity index (χ2v) is 8.62. The van der Waals surface area contributed by atoms with Crippen LogP contribution in [0.4, 0.5) is 14.6 Å². The van der Waals surface area contributed by atoms with E-state index in [4.69, 9.17) is 5.11 Å². The number of halogens is 2. The summed E-state index contributed by atoms with van der Waals surface area (Å²) in [5.74, 6) is -3.43. The number of pyridine rings is 2. The van der Waals surface area contributed by atoms with Crippen molar-refractivity contribution in [1.29, 1.82) is 0 Å². The number of hydrogen-bond acceptors (Lipinski definition) is 7. The molecule has 4 aromatic rings. The van der Waals surface area contributed by atoms with Gasteiger partial charge in [0.1, 0.15) is 12.4 Å². The van der Waals surface area contributed by atoms with Crippen molar-refractivity contribution >= 4 is 22.9 Å². The zero-order chi connectivity index (χ0) is 26.9. The van der Waals surface area contributed by atoms with Crippen LogP contribution >= 0.6 is 0 Å². The molecule has 2 N–H and O–H groups in total. The first kappa shape index (κ1) is 25.8. The molecule has 0 saturated heterocycles. The van der Waals surface area contributed by atoms with Crippen LogP contribution in [0.25, 0.3) is 22.4 Å². The molecule has 0 atom stereocenters. The number of nitrogens with one attached hydrogen (secondary N) is 1. The smallest absolute Gasteiger partial charge is 0.332 e. The Hall–Kier alpha value is -4.26. The predicted molar refractivity (Wildman–Crippen MR) is 131 cm³/mol. The summed E-state index contributed by atoms with van der Waals surface area (Å²) in [7, 11) is 1.46. The Morgan fingerprint density at radius 2 is 1.97 bits per heavy atom. The second kappa shape index (κ2) is 10.0. The lowest BCUT2D eigenvalue weighted by molar-refractivity contribution is -0.116. The molecular formula is C24H25F2N7O4. The van der Waals surface area contributed by atoms with Gasteiger partial charge in [0.2, 0.25) is 5.91 Å². The number of rotatable bonds is 8. The van der Waals surface area contributed by atoms with Gasteiger partial charge in [0.15, 0.2) is 11.2 Å². The monoisotopic (exact) mass is 513 g/mol. The number of aryl methyl sites for hydroxylation is 2. The van der Waals surface area contributed by atoms with Gasteiger partial charge in [-0.25, -0.2) is 23.5 Å². The van der Waals surface area contributed by atoms with Gasteiger partial charge in [0.25, 0.3) is 11.5 Å². The number of alkyl halides is 2. The van der Waals surface area contributed by atoms with Crippen LogP contribution in [0.1, 0.15) is 24.6 Å². The molecule has 4 rings (SSSR count). The van der Waals surface area contributed by atoms with Crippen molar-refractivity contribution in [3.8, 4) is 11.3 Å².